The van der Waals surface area contributed by atoms with Gasteiger partial charge in [0.05, 0.1) is 0 Å². The number of aliphatic hydroxyl groups is 1. The zero-order valence-corrected chi connectivity index (χ0v) is 10.4. The number of aliphatic hydroxyl groups excluding tert-OH is 1. The van der Waals surface area contributed by atoms with Gasteiger partial charge in [-0.1, -0.05) is 39.9 Å². The van der Waals surface area contributed by atoms with Crippen molar-refractivity contribution in [1.29, 1.82) is 0 Å². The van der Waals surface area contributed by atoms with E-state index in [-0.39, 0.29) is 6.61 Å². The summed E-state index contributed by atoms with van der Waals surface area (Å²) in [5.41, 5.74) is 2.74. The molecule has 0 aliphatic carbocycles. The molecule has 2 heteroatoms. The molecule has 1 nitrogen and oxygen atoms in total. The highest BCUT2D eigenvalue weighted by Gasteiger charge is 2.05. The Hall–Kier alpha value is -0.263. The Morgan fingerprint density at radius 1 is 1.17 bits per heavy atom. The smallest absolute Gasteiger partial charge is 0.128 e. The van der Waals surface area contributed by atoms with Gasteiger partial charge < -0.3 is 5.11 Å². The molecule has 0 amide bonds. The summed E-state index contributed by atoms with van der Waals surface area (Å²) in [4.78, 5) is 0. The Morgan fingerprint density at radius 2 is 1.25 bits per heavy atom. The maximum absolute atomic E-state index is 7.57. The second-order valence-electron chi connectivity index (χ2n) is 3.42. The van der Waals surface area contributed by atoms with E-state index in [9.17, 15) is 0 Å². The number of rotatable bonds is 0. The van der Waals surface area contributed by atoms with Crippen LogP contribution < -0.4 is 0 Å². The molecule has 0 aliphatic heterocycles. The van der Waals surface area contributed by atoms with Crippen molar-refractivity contribution in [3.63, 3.8) is 0 Å². The lowest BCUT2D eigenvalue weighted by atomic mass is 10.6. The summed E-state index contributed by atoms with van der Waals surface area (Å²) in [5, 5.41) is 7.57. The molecule has 0 saturated carbocycles. The van der Waals surface area contributed by atoms with Gasteiger partial charge in [-0.05, 0) is 6.92 Å². The first-order valence-electron chi connectivity index (χ1n) is 4.48. The SMILES string of the molecule is C#C[Si](C)(C)C.CCC.CCO. The molecule has 0 radical (unpaired) electrons. The summed E-state index contributed by atoms with van der Waals surface area (Å²) in [7, 11) is -1.10. The summed E-state index contributed by atoms with van der Waals surface area (Å²) >= 11 is 0. The third kappa shape index (κ3) is 99.2. The zero-order chi connectivity index (χ0) is 10.6. The van der Waals surface area contributed by atoms with Crippen LogP contribution in [-0.2, 0) is 0 Å². The van der Waals surface area contributed by atoms with Gasteiger partial charge in [-0.15, -0.1) is 12.0 Å². The van der Waals surface area contributed by atoms with Crippen LogP contribution in [0.4, 0.5) is 0 Å². The Bertz CT molecular complexity index is 95.4. The molecule has 0 rings (SSSR count). The van der Waals surface area contributed by atoms with Crippen LogP contribution in [0.1, 0.15) is 27.2 Å². The minimum Gasteiger partial charge on any atom is -0.397 e. The molecule has 0 aromatic carbocycles. The Balaban J connectivity index is -0.000000115. The molecular formula is C10H24OSi. The van der Waals surface area contributed by atoms with Gasteiger partial charge in [-0.25, -0.2) is 0 Å². The van der Waals surface area contributed by atoms with Gasteiger partial charge in [0.15, 0.2) is 0 Å². The first-order chi connectivity index (χ1) is 5.39. The third-order valence-corrected chi connectivity index (χ3v) is 1.30. The fourth-order valence-corrected chi connectivity index (χ4v) is 0. The standard InChI is InChI=1S/C5H10Si.C3H8.C2H6O/c1-5-6(2,3)4;1-3-2;1-2-3/h1H,2-4H3;3H2,1-2H3;3H,2H2,1H3. The van der Waals surface area contributed by atoms with Crippen LogP contribution in [0, 0.1) is 12.0 Å². The lowest BCUT2D eigenvalue weighted by molar-refractivity contribution is 0.318. The molecule has 0 aromatic heterocycles. The van der Waals surface area contributed by atoms with E-state index >= 15 is 0 Å². The summed E-state index contributed by atoms with van der Waals surface area (Å²) in [5.74, 6) is 0. The van der Waals surface area contributed by atoms with Crippen molar-refractivity contribution in [2.24, 2.45) is 0 Å². The molecule has 1 N–H and O–H groups in total. The predicted octanol–water partition coefficient (Wildman–Crippen LogP) is 2.91. The monoisotopic (exact) mass is 188 g/mol. The quantitative estimate of drug-likeness (QED) is 0.458. The zero-order valence-electron chi connectivity index (χ0n) is 9.44. The van der Waals surface area contributed by atoms with Crippen LogP contribution in [0.5, 0.6) is 0 Å². The summed E-state index contributed by atoms with van der Waals surface area (Å²) in [6, 6.07) is 0. The lowest BCUT2D eigenvalue weighted by Gasteiger charge is -2.00. The van der Waals surface area contributed by atoms with E-state index in [1.54, 1.807) is 6.92 Å². The van der Waals surface area contributed by atoms with Crippen LogP contribution in [0.2, 0.25) is 19.6 Å². The largest absolute Gasteiger partial charge is 0.397 e. The molecule has 0 aromatic rings. The second kappa shape index (κ2) is 13.3. The average molecular weight is 188 g/mol. The first-order valence-corrected chi connectivity index (χ1v) is 7.98. The molecule has 0 unspecified atom stereocenters. The van der Waals surface area contributed by atoms with Crippen molar-refractivity contribution in [3.8, 4) is 12.0 Å². The molecule has 0 bridgehead atoms. The fourth-order valence-electron chi connectivity index (χ4n) is 0. The van der Waals surface area contributed by atoms with Crippen molar-refractivity contribution in [1.82, 2.24) is 0 Å². The highest BCUT2D eigenvalue weighted by Crippen LogP contribution is 1.94. The summed E-state index contributed by atoms with van der Waals surface area (Å²) in [6.07, 6.45) is 6.37. The van der Waals surface area contributed by atoms with Gasteiger partial charge in [-0.2, -0.15) is 0 Å². The third-order valence-electron chi connectivity index (χ3n) is 0.433. The maximum atomic E-state index is 7.57. The highest BCUT2D eigenvalue weighted by atomic mass is 28.3. The normalized spacial score (nSPS) is 8.17. The van der Waals surface area contributed by atoms with E-state index in [2.05, 4.69) is 39.0 Å². The molecule has 0 aliphatic rings. The Kier molecular flexibility index (Phi) is 19.7. The van der Waals surface area contributed by atoms with Crippen LogP contribution in [0.25, 0.3) is 0 Å². The number of hydrogen-bond acceptors (Lipinski definition) is 1. The topological polar surface area (TPSA) is 20.2 Å². The Morgan fingerprint density at radius 3 is 1.25 bits per heavy atom. The van der Waals surface area contributed by atoms with Gasteiger partial charge in [-0.3, -0.25) is 0 Å². The van der Waals surface area contributed by atoms with E-state index in [0.29, 0.717) is 0 Å². The minimum absolute atomic E-state index is 0.250. The Labute approximate surface area is 79.2 Å². The summed E-state index contributed by atoms with van der Waals surface area (Å²) in [6.45, 7) is 12.6. The van der Waals surface area contributed by atoms with Gasteiger partial charge in [0.2, 0.25) is 0 Å². The highest BCUT2D eigenvalue weighted by molar-refractivity contribution is 6.83. The molecule has 12 heavy (non-hydrogen) atoms. The maximum Gasteiger partial charge on any atom is 0.128 e. The number of hydrogen-bond donors (Lipinski definition) is 1. The van der Waals surface area contributed by atoms with E-state index in [4.69, 9.17) is 11.5 Å². The van der Waals surface area contributed by atoms with E-state index < -0.39 is 8.07 Å². The van der Waals surface area contributed by atoms with Crippen molar-refractivity contribution < 1.29 is 5.11 Å². The van der Waals surface area contributed by atoms with E-state index in [0.717, 1.165) is 0 Å². The molecule has 0 fully saturated rings. The van der Waals surface area contributed by atoms with Gasteiger partial charge >= 0.3 is 0 Å². The predicted molar refractivity (Wildman–Crippen MR) is 60.9 cm³/mol. The fraction of sp³-hybridized carbons (Fsp3) is 0.800. The molecule has 74 valence electrons. The van der Waals surface area contributed by atoms with Crippen LogP contribution in [0.3, 0.4) is 0 Å². The van der Waals surface area contributed by atoms with E-state index in [1.807, 2.05) is 0 Å². The van der Waals surface area contributed by atoms with E-state index in [1.165, 1.54) is 6.42 Å². The van der Waals surface area contributed by atoms with Crippen molar-refractivity contribution in [2.75, 3.05) is 6.61 Å². The van der Waals surface area contributed by atoms with Gasteiger partial charge in [0, 0.05) is 6.61 Å². The molecule has 0 heterocycles. The van der Waals surface area contributed by atoms with Crippen molar-refractivity contribution in [3.05, 3.63) is 0 Å². The number of terminal acetylenes is 1. The van der Waals surface area contributed by atoms with Crippen LogP contribution >= 0.6 is 0 Å². The molecule has 0 saturated heterocycles. The molecule has 0 atom stereocenters. The lowest BCUT2D eigenvalue weighted by Crippen LogP contribution is -2.15. The summed E-state index contributed by atoms with van der Waals surface area (Å²) < 4.78 is 0. The molecule has 0 spiro atoms. The minimum atomic E-state index is -1.10. The second-order valence-corrected chi connectivity index (χ2v) is 8.21. The molecular weight excluding hydrogens is 164 g/mol. The van der Waals surface area contributed by atoms with Crippen molar-refractivity contribution >= 4 is 8.07 Å². The van der Waals surface area contributed by atoms with Gasteiger partial charge in [0.25, 0.3) is 0 Å². The average Bonchev–Trinajstić information content (AvgIpc) is 1.90. The van der Waals surface area contributed by atoms with Crippen LogP contribution in [-0.4, -0.2) is 19.8 Å². The van der Waals surface area contributed by atoms with Crippen LogP contribution in [0.15, 0.2) is 0 Å². The van der Waals surface area contributed by atoms with Gasteiger partial charge in [0.1, 0.15) is 8.07 Å². The van der Waals surface area contributed by atoms with Crippen molar-refractivity contribution in [2.45, 2.75) is 46.8 Å². The first kappa shape index (κ1) is 17.7.